The molecule has 5 heteroatoms. The van der Waals surface area contributed by atoms with Crippen LogP contribution in [0.1, 0.15) is 54.6 Å². The van der Waals surface area contributed by atoms with Gasteiger partial charge in [0.1, 0.15) is 17.2 Å². The maximum absolute atomic E-state index is 13.0. The van der Waals surface area contributed by atoms with E-state index in [0.717, 1.165) is 24.9 Å². The SMILES string of the molecule is CCOc1ccccc1/C=C1\Oc2c(ccc(O)c2CN2CCCC[C@@H]2C)C1=O. The molecule has 1 fully saturated rings. The van der Waals surface area contributed by atoms with Gasteiger partial charge in [-0.1, -0.05) is 24.6 Å². The maximum Gasteiger partial charge on any atom is 0.231 e. The molecule has 4 rings (SSSR count). The van der Waals surface area contributed by atoms with Gasteiger partial charge in [-0.2, -0.15) is 0 Å². The number of likely N-dealkylation sites (tertiary alicyclic amines) is 1. The minimum Gasteiger partial charge on any atom is -0.507 e. The summed E-state index contributed by atoms with van der Waals surface area (Å²) >= 11 is 0. The number of ketones is 1. The number of phenolic OH excluding ortho intramolecular Hbond substituents is 1. The second kappa shape index (κ2) is 8.29. The number of piperidine rings is 1. The van der Waals surface area contributed by atoms with Gasteiger partial charge < -0.3 is 14.6 Å². The third kappa shape index (κ3) is 3.87. The highest BCUT2D eigenvalue weighted by atomic mass is 16.5. The number of fused-ring (bicyclic) bond motifs is 1. The number of para-hydroxylation sites is 1. The van der Waals surface area contributed by atoms with Crippen molar-refractivity contribution in [3.8, 4) is 17.2 Å². The number of benzene rings is 2. The molecule has 2 heterocycles. The fourth-order valence-corrected chi connectivity index (χ4v) is 4.07. The molecule has 1 atom stereocenters. The number of hydrogen-bond donors (Lipinski definition) is 1. The molecular formula is C24H27NO4. The molecule has 5 nitrogen and oxygen atoms in total. The fourth-order valence-electron chi connectivity index (χ4n) is 4.07. The summed E-state index contributed by atoms with van der Waals surface area (Å²) < 4.78 is 11.7. The Kier molecular flexibility index (Phi) is 5.58. The fraction of sp³-hybridized carbons (Fsp3) is 0.375. The molecule has 0 unspecified atom stereocenters. The van der Waals surface area contributed by atoms with Crippen LogP contribution in [0.15, 0.2) is 42.2 Å². The van der Waals surface area contributed by atoms with Gasteiger partial charge in [0, 0.05) is 18.2 Å². The van der Waals surface area contributed by atoms with Crippen molar-refractivity contribution in [3.05, 3.63) is 58.8 Å². The van der Waals surface area contributed by atoms with Gasteiger partial charge in [-0.25, -0.2) is 0 Å². The molecule has 0 radical (unpaired) electrons. The van der Waals surface area contributed by atoms with Crippen LogP contribution < -0.4 is 9.47 Å². The van der Waals surface area contributed by atoms with E-state index in [9.17, 15) is 9.90 Å². The lowest BCUT2D eigenvalue weighted by molar-refractivity contribution is 0.101. The Balaban J connectivity index is 1.66. The molecule has 0 aromatic heterocycles. The van der Waals surface area contributed by atoms with Crippen LogP contribution in [0.25, 0.3) is 6.08 Å². The zero-order valence-corrected chi connectivity index (χ0v) is 17.0. The van der Waals surface area contributed by atoms with E-state index in [1.165, 1.54) is 6.42 Å². The lowest BCUT2D eigenvalue weighted by atomic mass is 10.0. The second-order valence-corrected chi connectivity index (χ2v) is 7.67. The molecule has 0 saturated carbocycles. The number of ether oxygens (including phenoxy) is 2. The summed E-state index contributed by atoms with van der Waals surface area (Å²) in [5.41, 5.74) is 1.98. The van der Waals surface area contributed by atoms with Gasteiger partial charge in [0.15, 0.2) is 5.76 Å². The number of carbonyl (C=O) groups is 1. The Morgan fingerprint density at radius 1 is 1.24 bits per heavy atom. The molecule has 2 aromatic carbocycles. The number of aromatic hydroxyl groups is 1. The minimum atomic E-state index is -0.167. The molecule has 29 heavy (non-hydrogen) atoms. The highest BCUT2D eigenvalue weighted by molar-refractivity contribution is 6.15. The van der Waals surface area contributed by atoms with Gasteiger partial charge in [-0.05, 0) is 57.5 Å². The number of rotatable bonds is 5. The standard InChI is InChI=1S/C24H27NO4/c1-3-28-21-10-5-4-9-17(21)14-22-23(27)18-11-12-20(26)19(24(18)29-22)15-25-13-7-6-8-16(25)2/h4-5,9-12,14,16,26H,3,6-8,13,15H2,1-2H3/b22-14-/t16-/m0/s1. The van der Waals surface area contributed by atoms with Gasteiger partial charge >= 0.3 is 0 Å². The topological polar surface area (TPSA) is 59.0 Å². The zero-order valence-electron chi connectivity index (χ0n) is 17.0. The highest BCUT2D eigenvalue weighted by Crippen LogP contribution is 2.41. The monoisotopic (exact) mass is 393 g/mol. The molecule has 1 saturated heterocycles. The summed E-state index contributed by atoms with van der Waals surface area (Å²) in [7, 11) is 0. The predicted molar refractivity (Wildman–Crippen MR) is 112 cm³/mol. The van der Waals surface area contributed by atoms with E-state index < -0.39 is 0 Å². The Hall–Kier alpha value is -2.79. The maximum atomic E-state index is 13.0. The van der Waals surface area contributed by atoms with E-state index in [-0.39, 0.29) is 17.3 Å². The van der Waals surface area contributed by atoms with Crippen LogP contribution in [0.5, 0.6) is 17.2 Å². The predicted octanol–water partition coefficient (Wildman–Crippen LogP) is 4.78. The number of hydrogen-bond acceptors (Lipinski definition) is 5. The molecule has 1 N–H and O–H groups in total. The van der Waals surface area contributed by atoms with Crippen molar-refractivity contribution in [1.82, 2.24) is 4.90 Å². The highest BCUT2D eigenvalue weighted by Gasteiger charge is 2.32. The summed E-state index contributed by atoms with van der Waals surface area (Å²) in [5, 5.41) is 10.5. The first-order chi connectivity index (χ1) is 14.1. The molecule has 0 aliphatic carbocycles. The van der Waals surface area contributed by atoms with E-state index >= 15 is 0 Å². The average Bonchev–Trinajstić information content (AvgIpc) is 3.03. The van der Waals surface area contributed by atoms with Crippen molar-refractivity contribution in [2.24, 2.45) is 0 Å². The zero-order chi connectivity index (χ0) is 20.4. The first-order valence-corrected chi connectivity index (χ1v) is 10.3. The lowest BCUT2D eigenvalue weighted by Gasteiger charge is -2.33. The van der Waals surface area contributed by atoms with Crippen LogP contribution in [0.4, 0.5) is 0 Å². The molecule has 0 bridgehead atoms. The quantitative estimate of drug-likeness (QED) is 0.741. The van der Waals surface area contributed by atoms with Crippen LogP contribution >= 0.6 is 0 Å². The third-order valence-corrected chi connectivity index (χ3v) is 5.72. The van der Waals surface area contributed by atoms with E-state index in [1.807, 2.05) is 31.2 Å². The largest absolute Gasteiger partial charge is 0.507 e. The molecule has 0 spiro atoms. The van der Waals surface area contributed by atoms with Crippen molar-refractivity contribution < 1.29 is 19.4 Å². The van der Waals surface area contributed by atoms with E-state index in [1.54, 1.807) is 18.2 Å². The van der Waals surface area contributed by atoms with Crippen LogP contribution in [-0.2, 0) is 6.54 Å². The summed E-state index contributed by atoms with van der Waals surface area (Å²) in [4.78, 5) is 15.3. The molecule has 152 valence electrons. The number of carbonyl (C=O) groups excluding carboxylic acids is 1. The first kappa shape index (κ1) is 19.5. The van der Waals surface area contributed by atoms with Crippen LogP contribution in [0, 0.1) is 0 Å². The summed E-state index contributed by atoms with van der Waals surface area (Å²) in [6.07, 6.45) is 5.25. The average molecular weight is 393 g/mol. The van der Waals surface area contributed by atoms with Gasteiger partial charge in [-0.3, -0.25) is 9.69 Å². The molecule has 2 aromatic rings. The number of Topliss-reactive ketones (excluding diaryl/α,β-unsaturated/α-hetero) is 1. The van der Waals surface area contributed by atoms with Crippen LogP contribution in [-0.4, -0.2) is 35.0 Å². The van der Waals surface area contributed by atoms with E-state index in [0.29, 0.717) is 41.8 Å². The number of phenols is 1. The summed E-state index contributed by atoms with van der Waals surface area (Å²) in [6.45, 7) is 6.24. The molecule has 2 aliphatic rings. The summed E-state index contributed by atoms with van der Waals surface area (Å²) in [6, 6.07) is 11.3. The normalized spacial score (nSPS) is 20.6. The van der Waals surface area contributed by atoms with Gasteiger partial charge in [0.05, 0.1) is 17.7 Å². The van der Waals surface area contributed by atoms with Crippen molar-refractivity contribution in [1.29, 1.82) is 0 Å². The first-order valence-electron chi connectivity index (χ1n) is 10.3. The third-order valence-electron chi connectivity index (χ3n) is 5.72. The minimum absolute atomic E-state index is 0.167. The van der Waals surface area contributed by atoms with Gasteiger partial charge in [-0.15, -0.1) is 0 Å². The van der Waals surface area contributed by atoms with Crippen molar-refractivity contribution in [3.63, 3.8) is 0 Å². The Bertz CT molecular complexity index is 950. The Morgan fingerprint density at radius 2 is 2.07 bits per heavy atom. The van der Waals surface area contributed by atoms with Crippen molar-refractivity contribution in [2.75, 3.05) is 13.2 Å². The van der Waals surface area contributed by atoms with Crippen LogP contribution in [0.2, 0.25) is 0 Å². The molecule has 0 amide bonds. The van der Waals surface area contributed by atoms with Gasteiger partial charge in [0.2, 0.25) is 5.78 Å². The molecular weight excluding hydrogens is 366 g/mol. The van der Waals surface area contributed by atoms with Gasteiger partial charge in [0.25, 0.3) is 0 Å². The van der Waals surface area contributed by atoms with E-state index in [2.05, 4.69) is 11.8 Å². The van der Waals surface area contributed by atoms with Crippen molar-refractivity contribution in [2.45, 2.75) is 45.7 Å². The summed E-state index contributed by atoms with van der Waals surface area (Å²) in [5.74, 6) is 1.45. The smallest absolute Gasteiger partial charge is 0.231 e. The Labute approximate surface area is 171 Å². The van der Waals surface area contributed by atoms with Crippen molar-refractivity contribution >= 4 is 11.9 Å². The molecule has 2 aliphatic heterocycles. The lowest BCUT2D eigenvalue weighted by Crippen LogP contribution is -2.36. The number of nitrogens with zero attached hydrogens (tertiary/aromatic N) is 1. The Morgan fingerprint density at radius 3 is 2.86 bits per heavy atom. The van der Waals surface area contributed by atoms with Crippen LogP contribution in [0.3, 0.4) is 0 Å². The number of allylic oxidation sites excluding steroid dienone is 1. The van der Waals surface area contributed by atoms with E-state index in [4.69, 9.17) is 9.47 Å². The second-order valence-electron chi connectivity index (χ2n) is 7.67.